The van der Waals surface area contributed by atoms with Crippen molar-refractivity contribution in [1.82, 2.24) is 5.43 Å². The molecule has 0 aliphatic heterocycles. The average molecular weight is 324 g/mol. The van der Waals surface area contributed by atoms with E-state index >= 15 is 0 Å². The number of hydrogen-bond donors (Lipinski definition) is 1. The molecule has 1 amide bonds. The molecule has 0 atom stereocenters. The molecule has 5 heteroatoms. The van der Waals surface area contributed by atoms with Gasteiger partial charge in [0.05, 0.1) is 13.0 Å². The minimum Gasteiger partial charge on any atom is -0.461 e. The van der Waals surface area contributed by atoms with E-state index in [1.54, 1.807) is 6.92 Å². The lowest BCUT2D eigenvalue weighted by atomic mass is 10.1. The summed E-state index contributed by atoms with van der Waals surface area (Å²) in [4.78, 5) is 24.0. The van der Waals surface area contributed by atoms with E-state index in [2.05, 4.69) is 10.5 Å². The molecule has 0 radical (unpaired) electrons. The summed E-state index contributed by atoms with van der Waals surface area (Å²) in [6.07, 6.45) is 0.497. The Balaban J connectivity index is 2.04. The highest BCUT2D eigenvalue weighted by molar-refractivity contribution is 6.37. The topological polar surface area (TPSA) is 67.8 Å². The molecule has 0 bridgehead atoms. The molecule has 0 heterocycles. The minimum atomic E-state index is -0.527. The molecule has 24 heavy (non-hydrogen) atoms. The molecular weight excluding hydrogens is 304 g/mol. The maximum Gasteiger partial charge on any atom is 0.354 e. The van der Waals surface area contributed by atoms with Crippen LogP contribution >= 0.6 is 0 Å². The lowest BCUT2D eigenvalue weighted by molar-refractivity contribution is -0.135. The first kappa shape index (κ1) is 17.4. The van der Waals surface area contributed by atoms with Crippen LogP contribution in [0.4, 0.5) is 0 Å². The van der Waals surface area contributed by atoms with Gasteiger partial charge in [0.2, 0.25) is 5.91 Å². The van der Waals surface area contributed by atoms with Crippen molar-refractivity contribution in [3.8, 4) is 0 Å². The lowest BCUT2D eigenvalue weighted by Gasteiger charge is -2.07. The number of nitrogens with one attached hydrogen (secondary N) is 1. The highest BCUT2D eigenvalue weighted by Gasteiger charge is 2.14. The molecule has 0 aliphatic rings. The zero-order valence-electron chi connectivity index (χ0n) is 13.6. The van der Waals surface area contributed by atoms with Gasteiger partial charge in [-0.2, -0.15) is 5.10 Å². The molecular formula is C19H20N2O3. The van der Waals surface area contributed by atoms with E-state index in [0.29, 0.717) is 6.42 Å². The van der Waals surface area contributed by atoms with E-state index in [0.717, 1.165) is 11.1 Å². The predicted octanol–water partition coefficient (Wildman–Crippen LogP) is 2.51. The quantitative estimate of drug-likeness (QED) is 0.483. The highest BCUT2D eigenvalue weighted by Crippen LogP contribution is 2.03. The van der Waals surface area contributed by atoms with Gasteiger partial charge in [-0.15, -0.1) is 0 Å². The number of amides is 1. The SMILES string of the molecule is CCOC(=O)/C(Cc1ccccc1)=N\NC(=O)Cc1ccccc1. The highest BCUT2D eigenvalue weighted by atomic mass is 16.5. The van der Waals surface area contributed by atoms with Crippen molar-refractivity contribution < 1.29 is 14.3 Å². The Labute approximate surface area is 141 Å². The van der Waals surface area contributed by atoms with Crippen LogP contribution in [0.3, 0.4) is 0 Å². The normalized spacial score (nSPS) is 11.0. The Kier molecular flexibility index (Phi) is 6.71. The van der Waals surface area contributed by atoms with Crippen molar-refractivity contribution in [3.05, 3.63) is 71.8 Å². The molecule has 0 aromatic heterocycles. The van der Waals surface area contributed by atoms with Crippen LogP contribution in [-0.2, 0) is 27.2 Å². The summed E-state index contributed by atoms with van der Waals surface area (Å²) >= 11 is 0. The van der Waals surface area contributed by atoms with Gasteiger partial charge in [0.25, 0.3) is 0 Å². The maximum absolute atomic E-state index is 12.0. The number of carbonyl (C=O) groups is 2. The van der Waals surface area contributed by atoms with Crippen molar-refractivity contribution >= 4 is 17.6 Å². The minimum absolute atomic E-state index is 0.171. The van der Waals surface area contributed by atoms with E-state index in [4.69, 9.17) is 4.74 Å². The Morgan fingerprint density at radius 1 is 0.917 bits per heavy atom. The van der Waals surface area contributed by atoms with Crippen LogP contribution in [0.25, 0.3) is 0 Å². The molecule has 0 unspecified atom stereocenters. The monoisotopic (exact) mass is 324 g/mol. The van der Waals surface area contributed by atoms with Gasteiger partial charge >= 0.3 is 5.97 Å². The van der Waals surface area contributed by atoms with Gasteiger partial charge in [0.1, 0.15) is 5.71 Å². The number of hydrazone groups is 1. The first-order valence-electron chi connectivity index (χ1n) is 7.79. The molecule has 1 N–H and O–H groups in total. The standard InChI is InChI=1S/C19H20N2O3/c1-2-24-19(23)17(13-15-9-5-3-6-10-15)20-21-18(22)14-16-11-7-4-8-12-16/h3-12H,2,13-14H2,1H3,(H,21,22)/b20-17-. The van der Waals surface area contributed by atoms with Gasteiger partial charge in [-0.25, -0.2) is 10.2 Å². The number of carbonyl (C=O) groups excluding carboxylic acids is 2. The summed E-state index contributed by atoms with van der Waals surface area (Å²) in [7, 11) is 0. The number of ether oxygens (including phenoxy) is 1. The van der Waals surface area contributed by atoms with Crippen molar-refractivity contribution in [2.24, 2.45) is 5.10 Å². The zero-order chi connectivity index (χ0) is 17.2. The Bertz CT molecular complexity index is 697. The van der Waals surface area contributed by atoms with Crippen LogP contribution < -0.4 is 5.43 Å². The average Bonchev–Trinajstić information content (AvgIpc) is 2.60. The number of hydrogen-bond acceptors (Lipinski definition) is 4. The van der Waals surface area contributed by atoms with Crippen LogP contribution in [-0.4, -0.2) is 24.2 Å². The van der Waals surface area contributed by atoms with E-state index in [1.165, 1.54) is 0 Å². The van der Waals surface area contributed by atoms with Gasteiger partial charge < -0.3 is 4.74 Å². The Morgan fingerprint density at radius 3 is 2.00 bits per heavy atom. The van der Waals surface area contributed by atoms with Crippen LogP contribution in [0.15, 0.2) is 65.8 Å². The number of benzene rings is 2. The number of rotatable bonds is 7. The van der Waals surface area contributed by atoms with Crippen molar-refractivity contribution in [1.29, 1.82) is 0 Å². The first-order chi connectivity index (χ1) is 11.7. The third kappa shape index (κ3) is 5.68. The molecule has 2 rings (SSSR count). The summed E-state index contributed by atoms with van der Waals surface area (Å²) in [5, 5.41) is 3.98. The Morgan fingerprint density at radius 2 is 1.46 bits per heavy atom. The lowest BCUT2D eigenvalue weighted by Crippen LogP contribution is -2.27. The molecule has 2 aromatic rings. The fraction of sp³-hybridized carbons (Fsp3) is 0.211. The summed E-state index contributed by atoms with van der Waals surface area (Å²) in [5.41, 5.74) is 4.41. The summed E-state index contributed by atoms with van der Waals surface area (Å²) in [5.74, 6) is -0.808. The Hall–Kier alpha value is -2.95. The second kappa shape index (κ2) is 9.25. The largest absolute Gasteiger partial charge is 0.461 e. The van der Waals surface area contributed by atoms with E-state index in [-0.39, 0.29) is 24.6 Å². The smallest absolute Gasteiger partial charge is 0.354 e. The number of esters is 1. The van der Waals surface area contributed by atoms with E-state index in [1.807, 2.05) is 60.7 Å². The molecule has 2 aromatic carbocycles. The van der Waals surface area contributed by atoms with Crippen LogP contribution in [0, 0.1) is 0 Å². The van der Waals surface area contributed by atoms with Gasteiger partial charge in [-0.3, -0.25) is 4.79 Å². The molecule has 0 spiro atoms. The fourth-order valence-electron chi connectivity index (χ4n) is 2.11. The molecule has 0 aliphatic carbocycles. The zero-order valence-corrected chi connectivity index (χ0v) is 13.6. The van der Waals surface area contributed by atoms with Gasteiger partial charge in [-0.1, -0.05) is 60.7 Å². The van der Waals surface area contributed by atoms with Crippen LogP contribution in [0.2, 0.25) is 0 Å². The molecule has 0 saturated carbocycles. The van der Waals surface area contributed by atoms with Gasteiger partial charge in [-0.05, 0) is 18.1 Å². The van der Waals surface area contributed by atoms with Gasteiger partial charge in [0.15, 0.2) is 0 Å². The van der Waals surface area contributed by atoms with Crippen LogP contribution in [0.1, 0.15) is 18.1 Å². The van der Waals surface area contributed by atoms with Crippen molar-refractivity contribution in [2.45, 2.75) is 19.8 Å². The second-order valence-corrected chi connectivity index (χ2v) is 5.14. The maximum atomic E-state index is 12.0. The first-order valence-corrected chi connectivity index (χ1v) is 7.79. The molecule has 5 nitrogen and oxygen atoms in total. The van der Waals surface area contributed by atoms with E-state index in [9.17, 15) is 9.59 Å². The third-order valence-electron chi connectivity index (χ3n) is 3.25. The third-order valence-corrected chi connectivity index (χ3v) is 3.25. The summed E-state index contributed by atoms with van der Waals surface area (Å²) < 4.78 is 5.01. The number of nitrogens with zero attached hydrogens (tertiary/aromatic N) is 1. The summed E-state index contributed by atoms with van der Waals surface area (Å²) in [6, 6.07) is 18.8. The van der Waals surface area contributed by atoms with Crippen LogP contribution in [0.5, 0.6) is 0 Å². The van der Waals surface area contributed by atoms with Gasteiger partial charge in [0, 0.05) is 6.42 Å². The second-order valence-electron chi connectivity index (χ2n) is 5.14. The fourth-order valence-corrected chi connectivity index (χ4v) is 2.11. The van der Waals surface area contributed by atoms with E-state index < -0.39 is 5.97 Å². The van der Waals surface area contributed by atoms with Crippen molar-refractivity contribution in [2.75, 3.05) is 6.61 Å². The van der Waals surface area contributed by atoms with Crippen molar-refractivity contribution in [3.63, 3.8) is 0 Å². The summed E-state index contributed by atoms with van der Waals surface area (Å²) in [6.45, 7) is 1.98. The molecule has 0 fully saturated rings. The molecule has 0 saturated heterocycles. The predicted molar refractivity (Wildman–Crippen MR) is 92.5 cm³/mol. The molecule has 124 valence electrons.